The zero-order valence-electron chi connectivity index (χ0n) is 16.8. The van der Waals surface area contributed by atoms with E-state index in [-0.39, 0.29) is 29.5 Å². The van der Waals surface area contributed by atoms with Gasteiger partial charge in [-0.2, -0.15) is 0 Å². The van der Waals surface area contributed by atoms with Crippen LogP contribution in [0.15, 0.2) is 4.99 Å². The maximum atomic E-state index is 5.46. The first kappa shape index (κ1) is 23.9. The summed E-state index contributed by atoms with van der Waals surface area (Å²) < 4.78 is 10.9. The van der Waals surface area contributed by atoms with Crippen molar-refractivity contribution in [1.82, 2.24) is 20.4 Å². The van der Waals surface area contributed by atoms with Crippen molar-refractivity contribution in [3.8, 4) is 0 Å². The average molecular weight is 483 g/mol. The third kappa shape index (κ3) is 8.69. The summed E-state index contributed by atoms with van der Waals surface area (Å²) in [5.74, 6) is 0.922. The van der Waals surface area contributed by atoms with E-state index in [1.54, 1.807) is 0 Å². The lowest BCUT2D eigenvalue weighted by molar-refractivity contribution is -0.00683. The molecule has 8 heteroatoms. The highest BCUT2D eigenvalue weighted by atomic mass is 127. The summed E-state index contributed by atoms with van der Waals surface area (Å²) in [7, 11) is 0. The number of morpholine rings is 2. The Balaban J connectivity index is 0.00000338. The molecule has 2 saturated heterocycles. The Hall–Kier alpha value is -0.160. The monoisotopic (exact) mass is 483 g/mol. The molecule has 7 nitrogen and oxygen atoms in total. The molecule has 0 aromatic carbocycles. The summed E-state index contributed by atoms with van der Waals surface area (Å²) in [6.07, 6.45) is 1.12. The zero-order chi connectivity index (χ0) is 18.0. The van der Waals surface area contributed by atoms with Crippen molar-refractivity contribution in [1.29, 1.82) is 0 Å². The Bertz CT molecular complexity index is 397. The number of guanidine groups is 1. The van der Waals surface area contributed by atoms with Gasteiger partial charge in [-0.05, 0) is 33.7 Å². The predicted molar refractivity (Wildman–Crippen MR) is 118 cm³/mol. The number of halogens is 1. The van der Waals surface area contributed by atoms with E-state index in [9.17, 15) is 0 Å². The van der Waals surface area contributed by atoms with Crippen LogP contribution in [0.1, 0.15) is 27.2 Å². The van der Waals surface area contributed by atoms with Crippen molar-refractivity contribution >= 4 is 29.9 Å². The second kappa shape index (κ2) is 13.1. The van der Waals surface area contributed by atoms with E-state index in [0.29, 0.717) is 0 Å². The van der Waals surface area contributed by atoms with Crippen LogP contribution >= 0.6 is 24.0 Å². The minimum Gasteiger partial charge on any atom is -0.379 e. The average Bonchev–Trinajstić information content (AvgIpc) is 2.65. The van der Waals surface area contributed by atoms with E-state index in [1.165, 1.54) is 0 Å². The molecule has 0 atom stereocenters. The molecular formula is C18H38IN5O2. The molecule has 0 aliphatic carbocycles. The minimum absolute atomic E-state index is 0. The molecule has 2 rings (SSSR count). The van der Waals surface area contributed by atoms with E-state index in [4.69, 9.17) is 14.5 Å². The largest absolute Gasteiger partial charge is 0.379 e. The van der Waals surface area contributed by atoms with E-state index >= 15 is 0 Å². The Morgan fingerprint density at radius 1 is 1.00 bits per heavy atom. The van der Waals surface area contributed by atoms with Crippen LogP contribution < -0.4 is 10.6 Å². The summed E-state index contributed by atoms with van der Waals surface area (Å²) in [6, 6.07) is 0. The first-order chi connectivity index (χ1) is 12.1. The highest BCUT2D eigenvalue weighted by Crippen LogP contribution is 2.16. The van der Waals surface area contributed by atoms with Gasteiger partial charge in [0, 0.05) is 44.8 Å². The van der Waals surface area contributed by atoms with Crippen LogP contribution in [0.2, 0.25) is 0 Å². The molecule has 0 aromatic rings. The molecule has 2 aliphatic rings. The number of nitrogens with one attached hydrogen (secondary N) is 2. The van der Waals surface area contributed by atoms with Crippen molar-refractivity contribution < 1.29 is 9.47 Å². The number of aliphatic imine (C=N–C) groups is 1. The van der Waals surface area contributed by atoms with Gasteiger partial charge in [-0.1, -0.05) is 0 Å². The second-order valence-corrected chi connectivity index (χ2v) is 7.34. The number of ether oxygens (including phenoxy) is 2. The van der Waals surface area contributed by atoms with Gasteiger partial charge in [0.05, 0.1) is 33.0 Å². The van der Waals surface area contributed by atoms with Gasteiger partial charge in [-0.15, -0.1) is 24.0 Å². The van der Waals surface area contributed by atoms with Gasteiger partial charge >= 0.3 is 0 Å². The van der Waals surface area contributed by atoms with Crippen LogP contribution in [0, 0.1) is 0 Å². The molecule has 2 heterocycles. The molecule has 2 fully saturated rings. The summed E-state index contributed by atoms with van der Waals surface area (Å²) in [5.41, 5.74) is 0.0555. The van der Waals surface area contributed by atoms with Crippen LogP contribution in [0.25, 0.3) is 0 Å². The summed E-state index contributed by atoms with van der Waals surface area (Å²) >= 11 is 0. The maximum Gasteiger partial charge on any atom is 0.191 e. The van der Waals surface area contributed by atoms with Crippen LogP contribution in [0.4, 0.5) is 0 Å². The van der Waals surface area contributed by atoms with Crippen LogP contribution in [-0.4, -0.2) is 100 Å². The number of hydrogen-bond donors (Lipinski definition) is 2. The van der Waals surface area contributed by atoms with Crippen LogP contribution in [-0.2, 0) is 9.47 Å². The highest BCUT2D eigenvalue weighted by molar-refractivity contribution is 14.0. The standard InChI is InChI=1S/C18H37N5O2.HI/c1-4-19-17(20-6-5-7-22-8-12-24-13-9-22)21-16-18(2,3)23-10-14-25-15-11-23;/h4-16H2,1-3H3,(H2,19,20,21);1H. The number of rotatable bonds is 8. The molecule has 0 saturated carbocycles. The lowest BCUT2D eigenvalue weighted by Crippen LogP contribution is -2.52. The quantitative estimate of drug-likeness (QED) is 0.233. The Kier molecular flexibility index (Phi) is 12.0. The number of nitrogens with zero attached hydrogens (tertiary/aromatic N) is 3. The lowest BCUT2D eigenvalue weighted by atomic mass is 10.0. The van der Waals surface area contributed by atoms with Crippen molar-refractivity contribution in [3.63, 3.8) is 0 Å². The number of hydrogen-bond acceptors (Lipinski definition) is 5. The van der Waals surface area contributed by atoms with E-state index < -0.39 is 0 Å². The zero-order valence-corrected chi connectivity index (χ0v) is 19.1. The van der Waals surface area contributed by atoms with Gasteiger partial charge in [-0.25, -0.2) is 0 Å². The third-order valence-corrected chi connectivity index (χ3v) is 4.88. The fourth-order valence-corrected chi connectivity index (χ4v) is 3.22. The molecule has 2 aliphatic heterocycles. The Morgan fingerprint density at radius 3 is 2.23 bits per heavy atom. The molecule has 0 amide bonds. The van der Waals surface area contributed by atoms with E-state index in [0.717, 1.165) is 91.2 Å². The molecule has 0 spiro atoms. The van der Waals surface area contributed by atoms with Gasteiger partial charge in [0.2, 0.25) is 0 Å². The van der Waals surface area contributed by atoms with Gasteiger partial charge < -0.3 is 20.1 Å². The van der Waals surface area contributed by atoms with E-state index in [2.05, 4.69) is 41.2 Å². The highest BCUT2D eigenvalue weighted by Gasteiger charge is 2.28. The Morgan fingerprint density at radius 2 is 1.62 bits per heavy atom. The summed E-state index contributed by atoms with van der Waals surface area (Å²) in [6.45, 7) is 17.9. The molecule has 0 radical (unpaired) electrons. The van der Waals surface area contributed by atoms with Gasteiger partial charge in [-0.3, -0.25) is 14.8 Å². The van der Waals surface area contributed by atoms with Crippen LogP contribution in [0.5, 0.6) is 0 Å². The van der Waals surface area contributed by atoms with Gasteiger partial charge in [0.25, 0.3) is 0 Å². The summed E-state index contributed by atoms with van der Waals surface area (Å²) in [4.78, 5) is 9.77. The normalized spacial score (nSPS) is 20.5. The van der Waals surface area contributed by atoms with Crippen molar-refractivity contribution in [2.75, 3.05) is 78.8 Å². The second-order valence-electron chi connectivity index (χ2n) is 7.34. The first-order valence-electron chi connectivity index (χ1n) is 9.77. The predicted octanol–water partition coefficient (Wildman–Crippen LogP) is 0.993. The van der Waals surface area contributed by atoms with Gasteiger partial charge in [0.1, 0.15) is 0 Å². The van der Waals surface area contributed by atoms with Crippen molar-refractivity contribution in [3.05, 3.63) is 0 Å². The SMILES string of the molecule is CCNC(=NCC(C)(C)N1CCOCC1)NCCCN1CCOCC1.I. The maximum absolute atomic E-state index is 5.46. The van der Waals surface area contributed by atoms with Crippen LogP contribution in [0.3, 0.4) is 0 Å². The first-order valence-corrected chi connectivity index (χ1v) is 9.77. The molecule has 26 heavy (non-hydrogen) atoms. The van der Waals surface area contributed by atoms with Gasteiger partial charge in [0.15, 0.2) is 5.96 Å². The fourth-order valence-electron chi connectivity index (χ4n) is 3.22. The molecule has 154 valence electrons. The molecule has 0 aromatic heterocycles. The smallest absolute Gasteiger partial charge is 0.191 e. The molecule has 2 N–H and O–H groups in total. The van der Waals surface area contributed by atoms with Crippen molar-refractivity contribution in [2.24, 2.45) is 4.99 Å². The lowest BCUT2D eigenvalue weighted by Gasteiger charge is -2.39. The molecule has 0 bridgehead atoms. The minimum atomic E-state index is 0. The van der Waals surface area contributed by atoms with Crippen molar-refractivity contribution in [2.45, 2.75) is 32.7 Å². The topological polar surface area (TPSA) is 61.4 Å². The summed E-state index contributed by atoms with van der Waals surface area (Å²) in [5, 5.41) is 6.83. The molecule has 0 unspecified atom stereocenters. The Labute approximate surface area is 176 Å². The fraction of sp³-hybridized carbons (Fsp3) is 0.944. The molecular weight excluding hydrogens is 445 g/mol. The van der Waals surface area contributed by atoms with E-state index in [1.807, 2.05) is 0 Å². The third-order valence-electron chi connectivity index (χ3n) is 4.88.